The van der Waals surface area contributed by atoms with E-state index in [1.165, 1.54) is 11.0 Å². The Morgan fingerprint density at radius 1 is 1.30 bits per heavy atom. The molecule has 3 rings (SSSR count). The molecule has 0 aliphatic carbocycles. The third kappa shape index (κ3) is 3.22. The van der Waals surface area contributed by atoms with Gasteiger partial charge in [-0.15, -0.1) is 0 Å². The number of hydrogen-bond acceptors (Lipinski definition) is 4. The van der Waals surface area contributed by atoms with Crippen molar-refractivity contribution in [1.29, 1.82) is 0 Å². The molecular weight excluding hydrogens is 318 g/mol. The topological polar surface area (TPSA) is 64.1 Å². The molecule has 1 saturated heterocycles. The number of aryl methyl sites for hydroxylation is 1. The Bertz CT molecular complexity index is 791. The second kappa shape index (κ2) is 6.15. The predicted octanol–water partition coefficient (Wildman–Crippen LogP) is 1.65. The molecule has 0 spiro atoms. The number of quaternary nitrogens is 1. The highest BCUT2D eigenvalue weighted by Crippen LogP contribution is 2.34. The second-order valence-corrected chi connectivity index (χ2v) is 6.81. The van der Waals surface area contributed by atoms with Crippen molar-refractivity contribution in [2.24, 2.45) is 0 Å². The van der Waals surface area contributed by atoms with Crippen molar-refractivity contribution in [3.05, 3.63) is 38.7 Å². The van der Waals surface area contributed by atoms with Gasteiger partial charge in [-0.3, -0.25) is 0 Å². The lowest BCUT2D eigenvalue weighted by atomic mass is 10.0. The molecule has 5 nitrogen and oxygen atoms in total. The summed E-state index contributed by atoms with van der Waals surface area (Å²) in [5.74, 6) is -0.00721. The zero-order chi connectivity index (χ0) is 16.7. The van der Waals surface area contributed by atoms with Crippen LogP contribution in [0.3, 0.4) is 0 Å². The first-order valence-electron chi connectivity index (χ1n) is 7.79. The van der Waals surface area contributed by atoms with E-state index in [0.717, 1.165) is 24.0 Å². The fourth-order valence-electron chi connectivity index (χ4n) is 3.42. The van der Waals surface area contributed by atoms with E-state index in [0.29, 0.717) is 17.7 Å². The van der Waals surface area contributed by atoms with Gasteiger partial charge in [0.25, 0.3) is 0 Å². The number of nitrogens with one attached hydrogen (secondary N) is 1. The van der Waals surface area contributed by atoms with Crippen LogP contribution in [0.25, 0.3) is 11.0 Å². The van der Waals surface area contributed by atoms with Crippen LogP contribution in [-0.4, -0.2) is 30.4 Å². The molecule has 0 saturated carbocycles. The van der Waals surface area contributed by atoms with Crippen LogP contribution < -0.4 is 10.5 Å². The average Bonchev–Trinajstić information content (AvgIpc) is 2.44. The van der Waals surface area contributed by atoms with Crippen molar-refractivity contribution in [3.8, 4) is 5.75 Å². The maximum atomic E-state index is 11.7. The third-order valence-corrected chi connectivity index (χ3v) is 4.60. The third-order valence-electron chi connectivity index (χ3n) is 4.31. The van der Waals surface area contributed by atoms with Gasteiger partial charge in [0, 0.05) is 11.5 Å². The minimum absolute atomic E-state index is 0.00721. The van der Waals surface area contributed by atoms with Gasteiger partial charge in [0.1, 0.15) is 37.6 Å². The number of ether oxygens (including phenoxy) is 1. The Kier molecular flexibility index (Phi) is 4.36. The Labute approximate surface area is 139 Å². The zero-order valence-electron chi connectivity index (χ0n) is 13.5. The molecule has 2 aromatic rings. The van der Waals surface area contributed by atoms with E-state index < -0.39 is 5.63 Å². The molecule has 2 atom stereocenters. The number of fused-ring (bicyclic) bond motifs is 1. The number of hydrogen-bond donors (Lipinski definition) is 2. The van der Waals surface area contributed by atoms with E-state index in [-0.39, 0.29) is 23.0 Å². The Balaban J connectivity index is 2.09. The molecule has 1 fully saturated rings. The van der Waals surface area contributed by atoms with Crippen molar-refractivity contribution in [1.82, 2.24) is 0 Å². The van der Waals surface area contributed by atoms with Gasteiger partial charge in [-0.05, 0) is 32.4 Å². The number of phenolic OH excluding ortho intramolecular Hbond substituents is 1. The summed E-state index contributed by atoms with van der Waals surface area (Å²) in [7, 11) is 0. The standard InChI is InChI=1S/C17H20ClNO4/c1-9-4-15(20)23-17-12(9)5-14(18)16(21)13(17)8-19-6-10(2)22-11(3)7-19/h4-5,10-11,21H,6-8H2,1-3H3/p+1/t10-,11-/m0/s1. The lowest BCUT2D eigenvalue weighted by Crippen LogP contribution is -3.14. The number of rotatable bonds is 2. The fourth-order valence-corrected chi connectivity index (χ4v) is 3.64. The van der Waals surface area contributed by atoms with E-state index in [9.17, 15) is 9.90 Å². The maximum absolute atomic E-state index is 11.7. The summed E-state index contributed by atoms with van der Waals surface area (Å²) in [6.45, 7) is 8.10. The number of halogens is 1. The molecule has 0 amide bonds. The zero-order valence-corrected chi connectivity index (χ0v) is 14.2. The number of morpholine rings is 1. The fraction of sp³-hybridized carbons (Fsp3) is 0.471. The molecule has 0 unspecified atom stereocenters. The van der Waals surface area contributed by atoms with Crippen molar-refractivity contribution in [2.75, 3.05) is 13.1 Å². The molecule has 6 heteroatoms. The van der Waals surface area contributed by atoms with E-state index in [1.54, 1.807) is 6.07 Å². The molecule has 0 radical (unpaired) electrons. The van der Waals surface area contributed by atoms with Crippen LogP contribution >= 0.6 is 11.6 Å². The van der Waals surface area contributed by atoms with Gasteiger partial charge < -0.3 is 19.2 Å². The number of phenols is 1. The lowest BCUT2D eigenvalue weighted by molar-refractivity contribution is -0.928. The van der Waals surface area contributed by atoms with Gasteiger partial charge in [0.15, 0.2) is 5.58 Å². The van der Waals surface area contributed by atoms with E-state index >= 15 is 0 Å². The van der Waals surface area contributed by atoms with Gasteiger partial charge in [0.2, 0.25) is 0 Å². The molecule has 1 aromatic heterocycles. The molecule has 2 heterocycles. The lowest BCUT2D eigenvalue weighted by Gasteiger charge is -2.32. The van der Waals surface area contributed by atoms with Crippen molar-refractivity contribution in [2.45, 2.75) is 39.5 Å². The number of benzene rings is 1. The van der Waals surface area contributed by atoms with Crippen LogP contribution in [0.15, 0.2) is 21.3 Å². The first-order chi connectivity index (χ1) is 10.8. The summed E-state index contributed by atoms with van der Waals surface area (Å²) in [6, 6.07) is 3.08. The molecule has 1 aliphatic heterocycles. The minimum Gasteiger partial charge on any atom is -0.506 e. The summed E-state index contributed by atoms with van der Waals surface area (Å²) in [5.41, 5.74) is 1.38. The van der Waals surface area contributed by atoms with E-state index in [4.69, 9.17) is 20.8 Å². The summed E-state index contributed by atoms with van der Waals surface area (Å²) < 4.78 is 11.1. The maximum Gasteiger partial charge on any atom is 0.336 e. The highest BCUT2D eigenvalue weighted by Gasteiger charge is 2.28. The molecular formula is C17H21ClNO4+. The normalized spacial score (nSPS) is 25.0. The highest BCUT2D eigenvalue weighted by molar-refractivity contribution is 6.33. The van der Waals surface area contributed by atoms with Crippen LogP contribution in [0.2, 0.25) is 5.02 Å². The quantitative estimate of drug-likeness (QED) is 0.817. The van der Waals surface area contributed by atoms with Crippen LogP contribution in [0.1, 0.15) is 25.0 Å². The van der Waals surface area contributed by atoms with Gasteiger partial charge in [-0.25, -0.2) is 4.79 Å². The number of aromatic hydroxyl groups is 1. The van der Waals surface area contributed by atoms with Crippen molar-refractivity contribution in [3.63, 3.8) is 0 Å². The van der Waals surface area contributed by atoms with Crippen LogP contribution in [-0.2, 0) is 11.3 Å². The van der Waals surface area contributed by atoms with Gasteiger partial charge in [0.05, 0.1) is 10.6 Å². The average molecular weight is 339 g/mol. The van der Waals surface area contributed by atoms with Gasteiger partial charge in [-0.2, -0.15) is 0 Å². The predicted molar refractivity (Wildman–Crippen MR) is 88.3 cm³/mol. The second-order valence-electron chi connectivity index (χ2n) is 6.40. The first-order valence-corrected chi connectivity index (χ1v) is 8.16. The Morgan fingerprint density at radius 2 is 1.96 bits per heavy atom. The van der Waals surface area contributed by atoms with Crippen LogP contribution in [0, 0.1) is 6.92 Å². The monoisotopic (exact) mass is 338 g/mol. The Morgan fingerprint density at radius 3 is 2.61 bits per heavy atom. The molecule has 124 valence electrons. The summed E-state index contributed by atoms with van der Waals surface area (Å²) >= 11 is 6.18. The molecule has 23 heavy (non-hydrogen) atoms. The van der Waals surface area contributed by atoms with E-state index in [1.807, 2.05) is 20.8 Å². The van der Waals surface area contributed by atoms with Gasteiger partial charge in [-0.1, -0.05) is 11.6 Å². The van der Waals surface area contributed by atoms with Crippen molar-refractivity contribution >= 4 is 22.6 Å². The summed E-state index contributed by atoms with van der Waals surface area (Å²) in [5, 5.41) is 11.4. The minimum atomic E-state index is -0.420. The molecule has 0 bridgehead atoms. The largest absolute Gasteiger partial charge is 0.506 e. The van der Waals surface area contributed by atoms with Gasteiger partial charge >= 0.3 is 5.63 Å². The van der Waals surface area contributed by atoms with Crippen molar-refractivity contribution < 1.29 is 19.2 Å². The smallest absolute Gasteiger partial charge is 0.336 e. The Hall–Kier alpha value is -1.56. The summed E-state index contributed by atoms with van der Waals surface area (Å²) in [6.07, 6.45) is 0.296. The van der Waals surface area contributed by atoms with Crippen LogP contribution in [0.5, 0.6) is 5.75 Å². The molecule has 2 N–H and O–H groups in total. The SMILES string of the molecule is Cc1cc(=O)oc2c(C[NH+]3C[C@H](C)O[C@@H](C)C3)c(O)c(Cl)cc12. The molecule has 1 aromatic carbocycles. The van der Waals surface area contributed by atoms with Crippen LogP contribution in [0.4, 0.5) is 0 Å². The summed E-state index contributed by atoms with van der Waals surface area (Å²) in [4.78, 5) is 13.0. The van der Waals surface area contributed by atoms with E-state index in [2.05, 4.69) is 0 Å². The highest BCUT2D eigenvalue weighted by atomic mass is 35.5. The molecule has 1 aliphatic rings. The first kappa shape index (κ1) is 16.3.